The zero-order valence-corrected chi connectivity index (χ0v) is 17.3. The Morgan fingerprint density at radius 2 is 1.93 bits per heavy atom. The first kappa shape index (κ1) is 19.6. The van der Waals surface area contributed by atoms with Crippen molar-refractivity contribution in [3.63, 3.8) is 0 Å². The smallest absolute Gasteiger partial charge is 0.236 e. The van der Waals surface area contributed by atoms with Gasteiger partial charge in [0.05, 0.1) is 5.75 Å². The minimum Gasteiger partial charge on any atom is -0.368 e. The first-order valence-corrected chi connectivity index (χ1v) is 10.8. The van der Waals surface area contributed by atoms with Crippen LogP contribution in [0, 0.1) is 12.7 Å². The molecule has 4 rings (SSSR count). The summed E-state index contributed by atoms with van der Waals surface area (Å²) in [6, 6.07) is 8.23. The molecule has 0 atom stereocenters. The van der Waals surface area contributed by atoms with Crippen LogP contribution in [0.3, 0.4) is 0 Å². The highest BCUT2D eigenvalue weighted by Crippen LogP contribution is 2.29. The molecule has 1 fully saturated rings. The molecule has 2 aromatic heterocycles. The van der Waals surface area contributed by atoms with Gasteiger partial charge in [-0.3, -0.25) is 4.79 Å². The lowest BCUT2D eigenvalue weighted by Gasteiger charge is -2.35. The van der Waals surface area contributed by atoms with Gasteiger partial charge in [-0.25, -0.2) is 4.39 Å². The summed E-state index contributed by atoms with van der Waals surface area (Å²) in [6.07, 6.45) is 0. The minimum atomic E-state index is -0.226. The van der Waals surface area contributed by atoms with Gasteiger partial charge >= 0.3 is 0 Å². The van der Waals surface area contributed by atoms with Crippen LogP contribution in [0.4, 0.5) is 21.0 Å². The van der Waals surface area contributed by atoms with Gasteiger partial charge in [-0.1, -0.05) is 28.3 Å². The van der Waals surface area contributed by atoms with E-state index in [1.54, 1.807) is 25.1 Å². The number of anilines is 3. The molecule has 1 saturated heterocycles. The molecule has 3 aromatic rings. The van der Waals surface area contributed by atoms with Crippen LogP contribution in [-0.4, -0.2) is 53.2 Å². The summed E-state index contributed by atoms with van der Waals surface area (Å²) in [5.41, 5.74) is 1.02. The number of piperazine rings is 1. The van der Waals surface area contributed by atoms with E-state index in [1.807, 2.05) is 0 Å². The van der Waals surface area contributed by atoms with Gasteiger partial charge < -0.3 is 19.6 Å². The van der Waals surface area contributed by atoms with Crippen LogP contribution in [0.2, 0.25) is 0 Å². The Kier molecular flexibility index (Phi) is 5.95. The number of aromatic nitrogens is 3. The second kappa shape index (κ2) is 8.78. The van der Waals surface area contributed by atoms with Crippen molar-refractivity contribution in [3.05, 3.63) is 41.9 Å². The monoisotopic (exact) mass is 434 g/mol. The van der Waals surface area contributed by atoms with Crippen molar-refractivity contribution in [3.8, 4) is 0 Å². The van der Waals surface area contributed by atoms with Crippen LogP contribution in [-0.2, 0) is 4.79 Å². The average Bonchev–Trinajstić information content (AvgIpc) is 3.36. The number of carbonyl (C=O) groups excluding carboxylic acids is 1. The molecule has 1 aliphatic heterocycles. The predicted octanol–water partition coefficient (Wildman–Crippen LogP) is 3.03. The first-order chi connectivity index (χ1) is 14.1. The molecule has 0 saturated carbocycles. The number of thioether (sulfide) groups is 1. The highest BCUT2D eigenvalue weighted by molar-refractivity contribution is 8.01. The molecule has 0 radical (unpaired) electrons. The van der Waals surface area contributed by atoms with Crippen LogP contribution in [0.1, 0.15) is 5.76 Å². The van der Waals surface area contributed by atoms with Crippen LogP contribution in [0.15, 0.2) is 39.2 Å². The lowest BCUT2D eigenvalue weighted by molar-refractivity contribution is -0.113. The fourth-order valence-corrected chi connectivity index (χ4v) is 4.62. The zero-order chi connectivity index (χ0) is 20.2. The second-order valence-electron chi connectivity index (χ2n) is 6.46. The lowest BCUT2D eigenvalue weighted by Crippen LogP contribution is -2.46. The molecule has 1 aliphatic rings. The number of carbonyl (C=O) groups is 1. The van der Waals surface area contributed by atoms with E-state index in [4.69, 9.17) is 4.52 Å². The van der Waals surface area contributed by atoms with Crippen molar-refractivity contribution in [1.82, 2.24) is 15.4 Å². The summed E-state index contributed by atoms with van der Waals surface area (Å²) in [4.78, 5) is 16.4. The van der Waals surface area contributed by atoms with Gasteiger partial charge in [0.25, 0.3) is 0 Å². The summed E-state index contributed by atoms with van der Waals surface area (Å²) < 4.78 is 18.8. The summed E-state index contributed by atoms with van der Waals surface area (Å²) in [5, 5.41) is 15.7. The van der Waals surface area contributed by atoms with Crippen molar-refractivity contribution in [2.45, 2.75) is 11.3 Å². The Balaban J connectivity index is 1.26. The van der Waals surface area contributed by atoms with Crippen molar-refractivity contribution in [1.29, 1.82) is 0 Å². The number of aryl methyl sites for hydroxylation is 1. The maximum Gasteiger partial charge on any atom is 0.236 e. The number of halogens is 1. The topological polar surface area (TPSA) is 87.4 Å². The van der Waals surface area contributed by atoms with Gasteiger partial charge in [0.1, 0.15) is 11.6 Å². The second-order valence-corrected chi connectivity index (χ2v) is 8.64. The fraction of sp³-hybridized carbons (Fsp3) is 0.333. The number of nitrogens with zero attached hydrogens (tertiary/aromatic N) is 5. The van der Waals surface area contributed by atoms with Crippen LogP contribution in [0.5, 0.6) is 0 Å². The van der Waals surface area contributed by atoms with Crippen molar-refractivity contribution < 1.29 is 13.7 Å². The Morgan fingerprint density at radius 3 is 2.62 bits per heavy atom. The van der Waals surface area contributed by atoms with E-state index >= 15 is 0 Å². The molecule has 11 heteroatoms. The maximum absolute atomic E-state index is 13.1. The molecule has 0 unspecified atom stereocenters. The number of amides is 1. The molecule has 0 spiro atoms. The molecule has 1 N–H and O–H groups in total. The van der Waals surface area contributed by atoms with Crippen LogP contribution in [0.25, 0.3) is 0 Å². The van der Waals surface area contributed by atoms with Crippen LogP contribution >= 0.6 is 23.1 Å². The SMILES string of the molecule is Cc1cc(NC(=O)CSc2nnc(N3CCN(c4ccc(F)cc4)CC3)s2)no1. The summed E-state index contributed by atoms with van der Waals surface area (Å²) in [7, 11) is 0. The van der Waals surface area contributed by atoms with E-state index < -0.39 is 0 Å². The van der Waals surface area contributed by atoms with Gasteiger partial charge in [0.2, 0.25) is 11.0 Å². The van der Waals surface area contributed by atoms with E-state index in [0.717, 1.165) is 41.3 Å². The molecule has 1 aromatic carbocycles. The lowest BCUT2D eigenvalue weighted by atomic mass is 10.2. The normalized spacial score (nSPS) is 14.3. The minimum absolute atomic E-state index is 0.173. The Morgan fingerprint density at radius 1 is 1.21 bits per heavy atom. The first-order valence-electron chi connectivity index (χ1n) is 9.02. The van der Waals surface area contributed by atoms with Gasteiger partial charge in [-0.2, -0.15) is 0 Å². The van der Waals surface area contributed by atoms with Crippen molar-refractivity contribution in [2.75, 3.05) is 47.0 Å². The Hall–Kier alpha value is -2.66. The molecular formula is C18H19FN6O2S2. The van der Waals surface area contributed by atoms with Crippen molar-refractivity contribution in [2.24, 2.45) is 0 Å². The van der Waals surface area contributed by atoms with Gasteiger partial charge in [-0.05, 0) is 31.2 Å². The van der Waals surface area contributed by atoms with Crippen molar-refractivity contribution >= 4 is 45.6 Å². The maximum atomic E-state index is 13.1. The third-order valence-corrected chi connectivity index (χ3v) is 6.48. The Bertz CT molecular complexity index is 969. The number of rotatable bonds is 6. The molecule has 3 heterocycles. The third-order valence-electron chi connectivity index (χ3n) is 4.36. The van der Waals surface area contributed by atoms with E-state index in [9.17, 15) is 9.18 Å². The standard InChI is InChI=1S/C18H19FN6O2S2/c1-12-10-15(23-27-12)20-16(26)11-28-18-22-21-17(29-18)25-8-6-24(7-9-25)14-4-2-13(19)3-5-14/h2-5,10H,6-9,11H2,1H3,(H,20,23,26). The fourth-order valence-electron chi connectivity index (χ4n) is 2.93. The Labute approximate surface area is 175 Å². The quantitative estimate of drug-likeness (QED) is 0.593. The highest BCUT2D eigenvalue weighted by Gasteiger charge is 2.21. The van der Waals surface area contributed by atoms with E-state index in [1.165, 1.54) is 35.2 Å². The van der Waals surface area contributed by atoms with E-state index in [2.05, 4.69) is 30.5 Å². The summed E-state index contributed by atoms with van der Waals surface area (Å²) in [6.45, 7) is 5.03. The molecule has 29 heavy (non-hydrogen) atoms. The predicted molar refractivity (Wildman–Crippen MR) is 111 cm³/mol. The molecular weight excluding hydrogens is 415 g/mol. The van der Waals surface area contributed by atoms with Gasteiger partial charge in [0, 0.05) is 37.9 Å². The number of hydrogen-bond donors (Lipinski definition) is 1. The summed E-state index contributed by atoms with van der Waals surface area (Å²) >= 11 is 2.82. The van der Waals surface area contributed by atoms with Gasteiger partial charge in [-0.15, -0.1) is 10.2 Å². The number of nitrogens with one attached hydrogen (secondary N) is 1. The highest BCUT2D eigenvalue weighted by atomic mass is 32.2. The number of hydrogen-bond acceptors (Lipinski definition) is 9. The molecule has 0 bridgehead atoms. The van der Waals surface area contributed by atoms with Gasteiger partial charge in [0.15, 0.2) is 10.2 Å². The molecule has 8 nitrogen and oxygen atoms in total. The third kappa shape index (κ3) is 5.04. The molecule has 1 amide bonds. The van der Waals surface area contributed by atoms with Crippen LogP contribution < -0.4 is 15.1 Å². The number of benzene rings is 1. The largest absolute Gasteiger partial charge is 0.368 e. The zero-order valence-electron chi connectivity index (χ0n) is 15.7. The van der Waals surface area contributed by atoms with E-state index in [0.29, 0.717) is 11.6 Å². The molecule has 0 aliphatic carbocycles. The van der Waals surface area contributed by atoms with E-state index in [-0.39, 0.29) is 17.5 Å². The average molecular weight is 435 g/mol. The summed E-state index contributed by atoms with van der Waals surface area (Å²) in [5.74, 6) is 0.870. The molecule has 152 valence electrons.